The van der Waals surface area contributed by atoms with Crippen molar-refractivity contribution in [2.24, 2.45) is 17.8 Å². The van der Waals surface area contributed by atoms with Gasteiger partial charge in [0.2, 0.25) is 0 Å². The number of aromatic nitrogens is 4. The van der Waals surface area contributed by atoms with Gasteiger partial charge in [-0.2, -0.15) is 8.78 Å². The van der Waals surface area contributed by atoms with Crippen LogP contribution < -0.4 is 39.4 Å². The Morgan fingerprint density at radius 3 is 2.50 bits per heavy atom. The molecule has 2 fully saturated rings. The second-order valence-corrected chi connectivity index (χ2v) is 9.72. The number of imidazole rings is 1. The number of fused-ring (bicyclic) bond motifs is 2. The minimum atomic E-state index is -2.95. The average Bonchev–Trinajstić information content (AvgIpc) is 3.22. The van der Waals surface area contributed by atoms with Gasteiger partial charge in [0.25, 0.3) is 0 Å². The van der Waals surface area contributed by atoms with E-state index in [9.17, 15) is 18.7 Å². The molecule has 0 bridgehead atoms. The van der Waals surface area contributed by atoms with Crippen molar-refractivity contribution in [1.29, 1.82) is 0 Å². The van der Waals surface area contributed by atoms with Gasteiger partial charge in [-0.1, -0.05) is 18.2 Å². The van der Waals surface area contributed by atoms with Gasteiger partial charge in [-0.05, 0) is 43.7 Å². The van der Waals surface area contributed by atoms with E-state index in [1.165, 1.54) is 12.1 Å². The normalized spacial score (nSPS) is 21.8. The number of hydrogen-bond donors (Lipinski definition) is 0. The number of carboxylic acid groups (broad SMARTS) is 1. The number of carbonyl (C=O) groups excluding carboxylic acids is 1. The minimum absolute atomic E-state index is 0. The maximum absolute atomic E-state index is 15.1. The Bertz CT molecular complexity index is 1500. The number of hydrogen-bond acceptors (Lipinski definition) is 6. The Hall–Kier alpha value is -2.95. The van der Waals surface area contributed by atoms with Gasteiger partial charge in [0.15, 0.2) is 0 Å². The van der Waals surface area contributed by atoms with Crippen molar-refractivity contribution in [3.63, 3.8) is 0 Å². The summed E-state index contributed by atoms with van der Waals surface area (Å²) in [7, 11) is 0. The third kappa shape index (κ3) is 4.81. The molecule has 0 aliphatic heterocycles. The minimum Gasteiger partial charge on any atom is -0.550 e. The number of carboxylic acids is 1. The Morgan fingerprint density at radius 1 is 1.16 bits per heavy atom. The van der Waals surface area contributed by atoms with Gasteiger partial charge in [0.1, 0.15) is 23.2 Å². The molecule has 2 aromatic heterocycles. The summed E-state index contributed by atoms with van der Waals surface area (Å²) in [5, 5.41) is 11.1. The summed E-state index contributed by atoms with van der Waals surface area (Å²) in [6.07, 6.45) is 4.59. The molecule has 4 aromatic rings. The molecule has 0 radical (unpaired) electrons. The fraction of sp³-hybridized carbons (Fsp3) is 0.333. The topological polar surface area (TPSA) is 93.0 Å². The molecule has 190 valence electrons. The first-order valence-electron chi connectivity index (χ1n) is 12.0. The van der Waals surface area contributed by atoms with E-state index in [1.807, 2.05) is 4.57 Å². The summed E-state index contributed by atoms with van der Waals surface area (Å²) in [6, 6.07) is 9.53. The molecule has 0 spiro atoms. The molecule has 4 atom stereocenters. The van der Waals surface area contributed by atoms with Crippen molar-refractivity contribution in [3.8, 4) is 16.9 Å². The molecular formula is C27H22F3N4NaO3. The number of halogens is 3. The molecule has 38 heavy (non-hydrogen) atoms. The van der Waals surface area contributed by atoms with Crippen LogP contribution in [0.15, 0.2) is 48.8 Å². The molecule has 2 heterocycles. The summed E-state index contributed by atoms with van der Waals surface area (Å²) >= 11 is 0. The van der Waals surface area contributed by atoms with E-state index in [0.29, 0.717) is 39.4 Å². The molecule has 11 heteroatoms. The first kappa shape index (κ1) is 26.6. The predicted molar refractivity (Wildman–Crippen MR) is 125 cm³/mol. The molecule has 2 aliphatic carbocycles. The van der Waals surface area contributed by atoms with Gasteiger partial charge in [-0.15, -0.1) is 0 Å². The number of aryl methyl sites for hydroxylation is 1. The summed E-state index contributed by atoms with van der Waals surface area (Å²) in [5.41, 5.74) is 2.40. The standard InChI is InChI=1S/C27H23F3N4O3.Na/c1-13-33-21-9-20(28)17(8-22(21)34(13)12-14-4-2-3-5-23(14)37-27(29)30)16-10-31-25(32-11-16)15-6-18-19(7-15)24(18)26(35)36;/h2-5,8-11,15,18-19,24,27H,6-7,12H2,1H3,(H,35,36);/q;+1/p-1/t15?,18-,19+,24?;. The third-order valence-corrected chi connectivity index (χ3v) is 7.61. The van der Waals surface area contributed by atoms with Gasteiger partial charge < -0.3 is 19.2 Å². The number of alkyl halides is 2. The summed E-state index contributed by atoms with van der Waals surface area (Å²) in [4.78, 5) is 24.5. The number of ether oxygens (including phenoxy) is 1. The molecule has 2 unspecified atom stereocenters. The smallest absolute Gasteiger partial charge is 0.550 e. The average molecular weight is 530 g/mol. The van der Waals surface area contributed by atoms with E-state index < -0.39 is 18.4 Å². The van der Waals surface area contributed by atoms with E-state index in [-0.39, 0.29) is 65.5 Å². The Kier molecular flexibility index (Phi) is 7.23. The van der Waals surface area contributed by atoms with Gasteiger partial charge in [-0.3, -0.25) is 0 Å². The quantitative estimate of drug-likeness (QED) is 0.332. The fourth-order valence-corrected chi connectivity index (χ4v) is 5.79. The van der Waals surface area contributed by atoms with Crippen LogP contribution in [0.2, 0.25) is 0 Å². The Morgan fingerprint density at radius 2 is 1.84 bits per heavy atom. The van der Waals surface area contributed by atoms with Crippen molar-refractivity contribution < 1.29 is 57.4 Å². The van der Waals surface area contributed by atoms with E-state index in [1.54, 1.807) is 43.6 Å². The van der Waals surface area contributed by atoms with Crippen LogP contribution in [-0.4, -0.2) is 32.1 Å². The van der Waals surface area contributed by atoms with E-state index in [0.717, 1.165) is 12.8 Å². The maximum Gasteiger partial charge on any atom is 1.00 e. The summed E-state index contributed by atoms with van der Waals surface area (Å²) in [5.74, 6) is -0.142. The maximum atomic E-state index is 15.1. The largest absolute Gasteiger partial charge is 1.00 e. The van der Waals surface area contributed by atoms with Crippen LogP contribution >= 0.6 is 0 Å². The zero-order valence-electron chi connectivity index (χ0n) is 20.8. The number of rotatable bonds is 7. The van der Waals surface area contributed by atoms with Crippen LogP contribution in [0.1, 0.15) is 36.0 Å². The van der Waals surface area contributed by atoms with E-state index >= 15 is 4.39 Å². The molecule has 7 nitrogen and oxygen atoms in total. The molecule has 0 saturated heterocycles. The summed E-state index contributed by atoms with van der Waals surface area (Å²) in [6.45, 7) is -0.970. The number of para-hydroxylation sites is 1. The fourth-order valence-electron chi connectivity index (χ4n) is 5.79. The number of carbonyl (C=O) groups is 1. The Labute approximate surface area is 238 Å². The van der Waals surface area contributed by atoms with Crippen molar-refractivity contribution in [2.75, 3.05) is 0 Å². The molecular weight excluding hydrogens is 508 g/mol. The van der Waals surface area contributed by atoms with Gasteiger partial charge >= 0.3 is 36.2 Å². The van der Waals surface area contributed by atoms with Crippen LogP contribution in [0.5, 0.6) is 5.75 Å². The Balaban J connectivity index is 0.00000294. The molecule has 6 rings (SSSR count). The molecule has 0 amide bonds. The van der Waals surface area contributed by atoms with E-state index in [2.05, 4.69) is 19.7 Å². The number of nitrogens with zero attached hydrogens (tertiary/aromatic N) is 4. The second kappa shape index (κ2) is 10.3. The van der Waals surface area contributed by atoms with Gasteiger partial charge in [0.05, 0.1) is 17.6 Å². The first-order chi connectivity index (χ1) is 17.8. The van der Waals surface area contributed by atoms with Crippen molar-refractivity contribution in [2.45, 2.75) is 38.8 Å². The van der Waals surface area contributed by atoms with E-state index in [4.69, 9.17) is 0 Å². The van der Waals surface area contributed by atoms with Crippen LogP contribution in [-0.2, 0) is 11.3 Å². The second-order valence-electron chi connectivity index (χ2n) is 9.72. The molecule has 0 N–H and O–H groups in total. The summed E-state index contributed by atoms with van der Waals surface area (Å²) < 4.78 is 47.3. The monoisotopic (exact) mass is 530 g/mol. The van der Waals surface area contributed by atoms with Crippen LogP contribution in [0.3, 0.4) is 0 Å². The van der Waals surface area contributed by atoms with Crippen LogP contribution in [0.25, 0.3) is 22.2 Å². The zero-order chi connectivity index (χ0) is 25.8. The number of aliphatic carboxylic acids is 1. The third-order valence-electron chi connectivity index (χ3n) is 7.61. The molecule has 2 saturated carbocycles. The predicted octanol–water partition coefficient (Wildman–Crippen LogP) is 1.08. The first-order valence-corrected chi connectivity index (χ1v) is 12.0. The van der Waals surface area contributed by atoms with Crippen molar-refractivity contribution in [1.82, 2.24) is 19.5 Å². The molecule has 2 aromatic carbocycles. The zero-order valence-corrected chi connectivity index (χ0v) is 22.8. The SMILES string of the molecule is Cc1nc2cc(F)c(-c3cnc(C4C[C@@H]5C(C(=O)[O-])[C@@H]5C4)nc3)cc2n1Cc1ccccc1OC(F)F.[Na+]. The van der Waals surface area contributed by atoms with Crippen molar-refractivity contribution >= 4 is 17.0 Å². The molecule has 2 aliphatic rings. The van der Waals surface area contributed by atoms with Crippen molar-refractivity contribution in [3.05, 3.63) is 71.8 Å². The van der Waals surface area contributed by atoms with Gasteiger partial charge in [0, 0.05) is 53.0 Å². The number of benzene rings is 2. The van der Waals surface area contributed by atoms with Gasteiger partial charge in [-0.25, -0.2) is 19.3 Å². The van der Waals surface area contributed by atoms with Crippen LogP contribution in [0.4, 0.5) is 13.2 Å². The van der Waals surface area contributed by atoms with Crippen LogP contribution in [0, 0.1) is 30.5 Å².